The van der Waals surface area contributed by atoms with Gasteiger partial charge in [-0.3, -0.25) is 14.3 Å². The number of thioether (sulfide) groups is 1. The molecule has 2 aromatic rings. The minimum atomic E-state index is -0.381. The van der Waals surface area contributed by atoms with Crippen LogP contribution in [0.5, 0.6) is 0 Å². The molecule has 0 aromatic carbocycles. The summed E-state index contributed by atoms with van der Waals surface area (Å²) in [4.78, 5) is 24.0. The molecule has 8 nitrogen and oxygen atoms in total. The molecule has 0 aliphatic carbocycles. The lowest BCUT2D eigenvalue weighted by Crippen LogP contribution is -2.20. The Hall–Kier alpha value is -2.29. The highest BCUT2D eigenvalue weighted by molar-refractivity contribution is 8.00. The van der Waals surface area contributed by atoms with Gasteiger partial charge in [0.05, 0.1) is 29.5 Å². The van der Waals surface area contributed by atoms with Crippen molar-refractivity contribution in [3.63, 3.8) is 0 Å². The van der Waals surface area contributed by atoms with E-state index in [4.69, 9.17) is 4.74 Å². The fourth-order valence-corrected chi connectivity index (χ4v) is 4.16. The minimum absolute atomic E-state index is 0.0340. The highest BCUT2D eigenvalue weighted by Gasteiger charge is 2.32. The van der Waals surface area contributed by atoms with Gasteiger partial charge in [0.1, 0.15) is 12.4 Å². The number of esters is 1. The van der Waals surface area contributed by atoms with Crippen LogP contribution in [0.25, 0.3) is 0 Å². The predicted molar refractivity (Wildman–Crippen MR) is 94.5 cm³/mol. The van der Waals surface area contributed by atoms with Gasteiger partial charge >= 0.3 is 5.97 Å². The van der Waals surface area contributed by atoms with Crippen molar-refractivity contribution in [1.29, 1.82) is 0 Å². The first kappa shape index (κ1) is 17.5. The molecular formula is C16H21N5O3S. The number of aryl methyl sites for hydroxylation is 2. The summed E-state index contributed by atoms with van der Waals surface area (Å²) in [5.41, 5.74) is 3.78. The summed E-state index contributed by atoms with van der Waals surface area (Å²) in [6.45, 7) is 5.92. The van der Waals surface area contributed by atoms with E-state index >= 15 is 0 Å². The lowest BCUT2D eigenvalue weighted by Gasteiger charge is -2.14. The van der Waals surface area contributed by atoms with Crippen LogP contribution in [0.3, 0.4) is 0 Å². The van der Waals surface area contributed by atoms with Crippen LogP contribution in [-0.2, 0) is 27.9 Å². The molecule has 0 unspecified atom stereocenters. The number of rotatable bonds is 4. The van der Waals surface area contributed by atoms with Crippen LogP contribution in [-0.4, -0.2) is 43.8 Å². The van der Waals surface area contributed by atoms with E-state index in [1.165, 1.54) is 16.4 Å². The number of carbonyl (C=O) groups excluding carboxylic acids is 2. The van der Waals surface area contributed by atoms with Gasteiger partial charge in [0, 0.05) is 23.9 Å². The number of hydrogen-bond acceptors (Lipinski definition) is 6. The molecule has 0 saturated carbocycles. The second kappa shape index (κ2) is 6.91. The molecule has 1 atom stereocenters. The van der Waals surface area contributed by atoms with Gasteiger partial charge in [0.25, 0.3) is 0 Å². The maximum atomic E-state index is 12.2. The first-order chi connectivity index (χ1) is 11.9. The maximum absolute atomic E-state index is 12.2. The zero-order valence-electron chi connectivity index (χ0n) is 14.7. The van der Waals surface area contributed by atoms with Crippen LogP contribution in [0, 0.1) is 13.8 Å². The minimum Gasteiger partial charge on any atom is -0.465 e. The number of carbonyl (C=O) groups is 2. The van der Waals surface area contributed by atoms with Gasteiger partial charge in [0.15, 0.2) is 0 Å². The van der Waals surface area contributed by atoms with Gasteiger partial charge in [-0.1, -0.05) is 0 Å². The molecule has 1 N–H and O–H groups in total. The molecule has 3 rings (SSSR count). The molecule has 3 heterocycles. The van der Waals surface area contributed by atoms with Crippen LogP contribution in [0.4, 0.5) is 5.82 Å². The second-order valence-corrected chi connectivity index (χ2v) is 6.95. The molecule has 9 heteroatoms. The summed E-state index contributed by atoms with van der Waals surface area (Å²) < 4.78 is 8.34. The Kier molecular flexibility index (Phi) is 4.85. The van der Waals surface area contributed by atoms with Gasteiger partial charge in [-0.15, -0.1) is 11.8 Å². The molecule has 2 aromatic heterocycles. The number of aromatic nitrogens is 4. The van der Waals surface area contributed by atoms with Gasteiger partial charge in [0.2, 0.25) is 5.91 Å². The average molecular weight is 363 g/mol. The Labute approximate surface area is 149 Å². The molecule has 134 valence electrons. The average Bonchev–Trinajstić information content (AvgIpc) is 2.95. The van der Waals surface area contributed by atoms with Crippen LogP contribution >= 0.6 is 11.8 Å². The number of nitrogens with one attached hydrogen (secondary N) is 1. The molecule has 0 spiro atoms. The predicted octanol–water partition coefficient (Wildman–Crippen LogP) is 1.57. The standard InChI is InChI=1S/C16H21N5O3S/c1-5-24-13(23)7-21-16-14(9(2)19-21)15(25-8-12(22)18-16)11-6-17-20(4)10(11)3/h6,15H,5,7-8H2,1-4H3,(H,18,22)/t15-/m0/s1. The van der Waals surface area contributed by atoms with Crippen LogP contribution in [0.2, 0.25) is 0 Å². The van der Waals surface area contributed by atoms with E-state index in [0.717, 1.165) is 22.5 Å². The van der Waals surface area contributed by atoms with Crippen molar-refractivity contribution in [2.75, 3.05) is 17.7 Å². The zero-order valence-corrected chi connectivity index (χ0v) is 15.5. The summed E-state index contributed by atoms with van der Waals surface area (Å²) in [5.74, 6) is 0.397. The monoisotopic (exact) mass is 363 g/mol. The normalized spacial score (nSPS) is 17.0. The SMILES string of the molecule is CCOC(=O)Cn1nc(C)c2c1NC(=O)CS[C@H]2c1cnn(C)c1C. The van der Waals surface area contributed by atoms with Gasteiger partial charge in [-0.25, -0.2) is 4.68 Å². The lowest BCUT2D eigenvalue weighted by atomic mass is 10.1. The Bertz CT molecular complexity index is 826. The topological polar surface area (TPSA) is 91.0 Å². The van der Waals surface area contributed by atoms with Gasteiger partial charge in [-0.05, 0) is 20.8 Å². The second-order valence-electron chi connectivity index (χ2n) is 5.86. The number of hydrogen-bond donors (Lipinski definition) is 1. The van der Waals surface area contributed by atoms with Crippen molar-refractivity contribution < 1.29 is 14.3 Å². The van der Waals surface area contributed by atoms with Crippen LogP contribution in [0.15, 0.2) is 6.20 Å². The first-order valence-electron chi connectivity index (χ1n) is 8.05. The largest absolute Gasteiger partial charge is 0.465 e. The first-order valence-corrected chi connectivity index (χ1v) is 9.10. The third kappa shape index (κ3) is 3.28. The van der Waals surface area contributed by atoms with Crippen molar-refractivity contribution in [3.8, 4) is 0 Å². The Morgan fingerprint density at radius 1 is 1.48 bits per heavy atom. The smallest absolute Gasteiger partial charge is 0.327 e. The van der Waals surface area contributed by atoms with E-state index in [1.807, 2.05) is 31.8 Å². The van der Waals surface area contributed by atoms with Crippen molar-refractivity contribution >= 4 is 29.5 Å². The summed E-state index contributed by atoms with van der Waals surface area (Å²) >= 11 is 1.54. The highest BCUT2D eigenvalue weighted by Crippen LogP contribution is 2.43. The maximum Gasteiger partial charge on any atom is 0.327 e. The summed E-state index contributed by atoms with van der Waals surface area (Å²) in [5, 5.41) is 11.6. The van der Waals surface area contributed by atoms with E-state index < -0.39 is 0 Å². The molecule has 0 saturated heterocycles. The van der Waals surface area contributed by atoms with Gasteiger partial charge in [-0.2, -0.15) is 10.2 Å². The van der Waals surface area contributed by atoms with Crippen LogP contribution < -0.4 is 5.32 Å². The highest BCUT2D eigenvalue weighted by atomic mass is 32.2. The number of ether oxygens (including phenoxy) is 1. The number of anilines is 1. The van der Waals surface area contributed by atoms with Crippen LogP contribution in [0.1, 0.15) is 34.7 Å². The molecule has 1 aliphatic heterocycles. The summed E-state index contributed by atoms with van der Waals surface area (Å²) in [6, 6.07) is 0. The molecular weight excluding hydrogens is 342 g/mol. The van der Waals surface area contributed by atoms with E-state index in [9.17, 15) is 9.59 Å². The van der Waals surface area contributed by atoms with Crippen molar-refractivity contribution in [1.82, 2.24) is 19.6 Å². The third-order valence-electron chi connectivity index (χ3n) is 4.21. The van der Waals surface area contributed by atoms with Crippen molar-refractivity contribution in [3.05, 3.63) is 28.7 Å². The van der Waals surface area contributed by atoms with Crippen molar-refractivity contribution in [2.24, 2.45) is 7.05 Å². The van der Waals surface area contributed by atoms with E-state index in [-0.39, 0.29) is 23.7 Å². The molecule has 1 amide bonds. The number of fused-ring (bicyclic) bond motifs is 1. The van der Waals surface area contributed by atoms with E-state index in [1.54, 1.807) is 6.92 Å². The van der Waals surface area contributed by atoms with Gasteiger partial charge < -0.3 is 10.1 Å². The molecule has 0 fully saturated rings. The lowest BCUT2D eigenvalue weighted by molar-refractivity contribution is -0.144. The Morgan fingerprint density at radius 2 is 2.24 bits per heavy atom. The quantitative estimate of drug-likeness (QED) is 0.829. The van der Waals surface area contributed by atoms with E-state index in [0.29, 0.717) is 18.2 Å². The molecule has 0 bridgehead atoms. The summed E-state index contributed by atoms with van der Waals surface area (Å²) in [7, 11) is 1.89. The molecule has 1 aliphatic rings. The molecule has 0 radical (unpaired) electrons. The third-order valence-corrected chi connectivity index (χ3v) is 5.47. The molecule has 25 heavy (non-hydrogen) atoms. The Morgan fingerprint density at radius 3 is 2.88 bits per heavy atom. The number of amides is 1. The van der Waals surface area contributed by atoms with Crippen molar-refractivity contribution in [2.45, 2.75) is 32.6 Å². The van der Waals surface area contributed by atoms with E-state index in [2.05, 4.69) is 15.5 Å². The summed E-state index contributed by atoms with van der Waals surface area (Å²) in [6.07, 6.45) is 1.83. The Balaban J connectivity index is 2.06. The fourth-order valence-electron chi connectivity index (χ4n) is 2.91. The fraction of sp³-hybridized carbons (Fsp3) is 0.500. The number of nitrogens with zero attached hydrogens (tertiary/aromatic N) is 4. The zero-order chi connectivity index (χ0) is 18.1.